The number of hydrogen-bond acceptors (Lipinski definition) is 5. The van der Waals surface area contributed by atoms with Crippen LogP contribution in [0.2, 0.25) is 0 Å². The van der Waals surface area contributed by atoms with E-state index in [9.17, 15) is 0 Å². The number of nitrogens with two attached hydrogens (primary N) is 1. The molecule has 0 fully saturated rings. The second-order valence-corrected chi connectivity index (χ2v) is 5.30. The van der Waals surface area contributed by atoms with Crippen molar-refractivity contribution in [1.82, 2.24) is 15.0 Å². The van der Waals surface area contributed by atoms with E-state index in [-0.39, 0.29) is 0 Å². The highest BCUT2D eigenvalue weighted by molar-refractivity contribution is 5.75. The van der Waals surface area contributed by atoms with E-state index in [0.717, 1.165) is 28.3 Å². The molecule has 0 aliphatic heterocycles. The van der Waals surface area contributed by atoms with Gasteiger partial charge in [-0.2, -0.15) is 10.2 Å². The first-order chi connectivity index (χ1) is 11.8. The summed E-state index contributed by atoms with van der Waals surface area (Å²) < 4.78 is 0. The Hall–Kier alpha value is -3.54. The number of H-pyrrole nitrogens is 1. The quantitative estimate of drug-likeness (QED) is 0.427. The van der Waals surface area contributed by atoms with Crippen molar-refractivity contribution in [3.63, 3.8) is 0 Å². The third-order valence-corrected chi connectivity index (χ3v) is 3.57. The zero-order chi connectivity index (χ0) is 16.4. The number of hydrogen-bond donors (Lipinski definition) is 2. The van der Waals surface area contributed by atoms with Crippen LogP contribution in [0.3, 0.4) is 0 Å². The molecule has 0 unspecified atom stereocenters. The molecule has 0 amide bonds. The maximum absolute atomic E-state index is 5.65. The number of nitrogens with zero attached hydrogens (tertiary/aromatic N) is 4. The summed E-state index contributed by atoms with van der Waals surface area (Å²) in [6, 6.07) is 18.8. The van der Waals surface area contributed by atoms with Crippen LogP contribution in [0, 0.1) is 0 Å². The molecule has 0 bridgehead atoms. The number of aromatic nitrogens is 3. The fraction of sp³-hybridized carbons (Fsp3) is 0. The average molecular weight is 314 g/mol. The summed E-state index contributed by atoms with van der Waals surface area (Å²) in [5, 5.41) is 8.42. The molecule has 2 aromatic carbocycles. The average Bonchev–Trinajstić information content (AvgIpc) is 3.06. The van der Waals surface area contributed by atoms with Crippen molar-refractivity contribution < 1.29 is 0 Å². The maximum Gasteiger partial charge on any atom is 0.178 e. The van der Waals surface area contributed by atoms with Crippen LogP contribution in [0.4, 0.5) is 17.1 Å². The predicted octanol–water partition coefficient (Wildman–Crippen LogP) is 4.62. The van der Waals surface area contributed by atoms with Gasteiger partial charge in [0.1, 0.15) is 5.82 Å². The third kappa shape index (κ3) is 2.85. The molecule has 0 saturated heterocycles. The summed E-state index contributed by atoms with van der Waals surface area (Å²) in [5.74, 6) is 0.783. The van der Waals surface area contributed by atoms with Gasteiger partial charge in [0, 0.05) is 17.4 Å². The Morgan fingerprint density at radius 3 is 2.17 bits per heavy atom. The minimum absolute atomic E-state index is 0.707. The van der Waals surface area contributed by atoms with Gasteiger partial charge in [-0.3, -0.25) is 0 Å². The monoisotopic (exact) mass is 314 g/mol. The zero-order valence-corrected chi connectivity index (χ0v) is 12.7. The van der Waals surface area contributed by atoms with Crippen molar-refractivity contribution in [2.24, 2.45) is 10.2 Å². The van der Waals surface area contributed by atoms with E-state index in [0.29, 0.717) is 11.3 Å². The standard InChI is InChI=1S/C18H14N6/c19-13-5-9-15(10-6-13)24-23-14-7-3-12(4-8-14)17-21-16-2-1-11-20-18(16)22-17/h1-11H,19H2,(H,20,21,22). The van der Waals surface area contributed by atoms with Crippen molar-refractivity contribution in [2.75, 3.05) is 5.73 Å². The second kappa shape index (κ2) is 5.92. The van der Waals surface area contributed by atoms with Crippen LogP contribution in [0.15, 0.2) is 77.1 Å². The minimum Gasteiger partial charge on any atom is -0.399 e. The number of anilines is 1. The molecule has 4 aromatic rings. The van der Waals surface area contributed by atoms with Gasteiger partial charge in [-0.15, -0.1) is 0 Å². The summed E-state index contributed by atoms with van der Waals surface area (Å²) in [4.78, 5) is 12.0. The Morgan fingerprint density at radius 1 is 0.833 bits per heavy atom. The molecule has 24 heavy (non-hydrogen) atoms. The highest BCUT2D eigenvalue weighted by Gasteiger charge is 2.05. The Balaban J connectivity index is 1.57. The van der Waals surface area contributed by atoms with Crippen molar-refractivity contribution in [2.45, 2.75) is 0 Å². The first-order valence-corrected chi connectivity index (χ1v) is 7.46. The van der Waals surface area contributed by atoms with Crippen molar-refractivity contribution in [1.29, 1.82) is 0 Å². The number of rotatable bonds is 3. The summed E-state index contributed by atoms with van der Waals surface area (Å²) in [7, 11) is 0. The molecule has 6 nitrogen and oxygen atoms in total. The van der Waals surface area contributed by atoms with Crippen LogP contribution in [0.5, 0.6) is 0 Å². The van der Waals surface area contributed by atoms with Crippen LogP contribution in [-0.2, 0) is 0 Å². The molecular weight excluding hydrogens is 300 g/mol. The van der Waals surface area contributed by atoms with Gasteiger partial charge in [0.2, 0.25) is 0 Å². The van der Waals surface area contributed by atoms with Gasteiger partial charge in [0.15, 0.2) is 5.65 Å². The Labute approximate surface area is 138 Å². The SMILES string of the molecule is Nc1ccc(N=Nc2ccc(-c3nc4ncccc4[nH]3)cc2)cc1. The number of imidazole rings is 1. The van der Waals surface area contributed by atoms with E-state index >= 15 is 0 Å². The second-order valence-electron chi connectivity index (χ2n) is 5.30. The fourth-order valence-electron chi connectivity index (χ4n) is 2.32. The number of nitrogens with one attached hydrogen (secondary N) is 1. The number of fused-ring (bicyclic) bond motifs is 1. The molecule has 4 rings (SSSR count). The van der Waals surface area contributed by atoms with E-state index in [4.69, 9.17) is 5.73 Å². The van der Waals surface area contributed by atoms with Gasteiger partial charge in [-0.1, -0.05) is 0 Å². The predicted molar refractivity (Wildman–Crippen MR) is 94.4 cm³/mol. The Bertz CT molecular complexity index is 967. The van der Waals surface area contributed by atoms with Crippen LogP contribution in [0.1, 0.15) is 0 Å². The van der Waals surface area contributed by atoms with Crippen LogP contribution in [-0.4, -0.2) is 15.0 Å². The van der Waals surface area contributed by atoms with Crippen LogP contribution < -0.4 is 5.73 Å². The van der Waals surface area contributed by atoms with E-state index in [1.165, 1.54) is 0 Å². The lowest BCUT2D eigenvalue weighted by Gasteiger charge is -1.97. The summed E-state index contributed by atoms with van der Waals surface area (Å²) in [5.41, 5.74) is 10.5. The van der Waals surface area contributed by atoms with Gasteiger partial charge in [-0.05, 0) is 60.7 Å². The first-order valence-electron chi connectivity index (χ1n) is 7.46. The summed E-state index contributed by atoms with van der Waals surface area (Å²) in [6.45, 7) is 0. The van der Waals surface area contributed by atoms with E-state index < -0.39 is 0 Å². The lowest BCUT2D eigenvalue weighted by Crippen LogP contribution is -1.80. The molecule has 6 heteroatoms. The number of pyridine rings is 1. The van der Waals surface area contributed by atoms with Crippen molar-refractivity contribution in [3.8, 4) is 11.4 Å². The van der Waals surface area contributed by atoms with Gasteiger partial charge < -0.3 is 10.7 Å². The summed E-state index contributed by atoms with van der Waals surface area (Å²) in [6.07, 6.45) is 1.73. The fourth-order valence-corrected chi connectivity index (χ4v) is 2.32. The molecule has 0 aliphatic carbocycles. The molecule has 0 radical (unpaired) electrons. The number of aromatic amines is 1. The molecule has 0 aliphatic rings. The molecule has 116 valence electrons. The van der Waals surface area contributed by atoms with Crippen LogP contribution in [0.25, 0.3) is 22.6 Å². The van der Waals surface area contributed by atoms with Crippen molar-refractivity contribution in [3.05, 3.63) is 66.9 Å². The molecule has 2 heterocycles. The van der Waals surface area contributed by atoms with E-state index in [1.807, 2.05) is 48.5 Å². The molecule has 2 aromatic heterocycles. The number of nitrogen functional groups attached to an aromatic ring is 1. The number of benzene rings is 2. The molecule has 0 saturated carbocycles. The minimum atomic E-state index is 0.707. The van der Waals surface area contributed by atoms with Gasteiger partial charge >= 0.3 is 0 Å². The lowest BCUT2D eigenvalue weighted by molar-refractivity contribution is 1.23. The highest BCUT2D eigenvalue weighted by Crippen LogP contribution is 2.24. The summed E-state index contributed by atoms with van der Waals surface area (Å²) >= 11 is 0. The Kier molecular flexibility index (Phi) is 3.47. The molecule has 0 atom stereocenters. The third-order valence-electron chi connectivity index (χ3n) is 3.57. The molecule has 3 N–H and O–H groups in total. The smallest absolute Gasteiger partial charge is 0.178 e. The molecular formula is C18H14N6. The number of azo groups is 1. The molecule has 0 spiro atoms. The van der Waals surface area contributed by atoms with E-state index in [1.54, 1.807) is 18.3 Å². The highest BCUT2D eigenvalue weighted by atomic mass is 15.1. The maximum atomic E-state index is 5.65. The topological polar surface area (TPSA) is 92.3 Å². The zero-order valence-electron chi connectivity index (χ0n) is 12.7. The van der Waals surface area contributed by atoms with Gasteiger partial charge in [0.05, 0.1) is 16.9 Å². The normalized spacial score (nSPS) is 11.3. The van der Waals surface area contributed by atoms with E-state index in [2.05, 4.69) is 25.2 Å². The van der Waals surface area contributed by atoms with Crippen molar-refractivity contribution >= 4 is 28.2 Å². The van der Waals surface area contributed by atoms with Gasteiger partial charge in [0.25, 0.3) is 0 Å². The van der Waals surface area contributed by atoms with Gasteiger partial charge in [-0.25, -0.2) is 9.97 Å². The van der Waals surface area contributed by atoms with Crippen LogP contribution >= 0.6 is 0 Å². The largest absolute Gasteiger partial charge is 0.399 e. The Morgan fingerprint density at radius 2 is 1.50 bits per heavy atom. The lowest BCUT2D eigenvalue weighted by atomic mass is 10.2. The first kappa shape index (κ1) is 14.1.